The summed E-state index contributed by atoms with van der Waals surface area (Å²) in [4.78, 5) is 3.42. The highest BCUT2D eigenvalue weighted by Crippen LogP contribution is 2.29. The molecule has 2 rings (SSSR count). The van der Waals surface area contributed by atoms with Crippen molar-refractivity contribution in [2.24, 2.45) is 0 Å². The van der Waals surface area contributed by atoms with Gasteiger partial charge in [0, 0.05) is 11.5 Å². The van der Waals surface area contributed by atoms with Crippen LogP contribution in [0.15, 0.2) is 30.3 Å². The molecule has 0 bridgehead atoms. The van der Waals surface area contributed by atoms with E-state index in [2.05, 4.69) is 4.98 Å². The lowest BCUT2D eigenvalue weighted by molar-refractivity contribution is -0.140. The molecule has 1 heterocycles. The third-order valence-corrected chi connectivity index (χ3v) is 1.97. The van der Waals surface area contributed by atoms with E-state index < -0.39 is 11.9 Å². The normalized spacial score (nSPS) is 11.9. The number of nitrogens with zero attached hydrogens (tertiary/aromatic N) is 1. The lowest BCUT2D eigenvalue weighted by Gasteiger charge is -2.06. The molecular weight excluding hydrogens is 207 g/mol. The molecule has 0 aliphatic heterocycles. The van der Waals surface area contributed by atoms with Crippen LogP contribution < -0.4 is 0 Å². The molecule has 0 amide bonds. The summed E-state index contributed by atoms with van der Waals surface area (Å²) in [5.74, 6) is -0.102. The van der Waals surface area contributed by atoms with E-state index in [9.17, 15) is 13.2 Å². The van der Waals surface area contributed by atoms with Crippen molar-refractivity contribution in [3.63, 3.8) is 0 Å². The summed E-state index contributed by atoms with van der Waals surface area (Å²) >= 11 is 0. The standard InChI is InChI=1S/C10H6F3NO/c11-10(12,13)9-4-2-6-1-3-7(15)5-8(6)14-9/h1-5,15H. The highest BCUT2D eigenvalue weighted by molar-refractivity contribution is 5.80. The summed E-state index contributed by atoms with van der Waals surface area (Å²) in [5.41, 5.74) is -0.828. The van der Waals surface area contributed by atoms with Crippen molar-refractivity contribution >= 4 is 10.9 Å². The molecule has 1 N–H and O–H groups in total. The third-order valence-electron chi connectivity index (χ3n) is 1.97. The molecule has 0 aliphatic carbocycles. The fraction of sp³-hybridized carbons (Fsp3) is 0.100. The predicted octanol–water partition coefficient (Wildman–Crippen LogP) is 2.96. The first-order valence-electron chi connectivity index (χ1n) is 4.14. The van der Waals surface area contributed by atoms with Gasteiger partial charge in [-0.2, -0.15) is 13.2 Å². The molecule has 0 aliphatic rings. The number of pyridine rings is 1. The number of aromatic nitrogens is 1. The van der Waals surface area contributed by atoms with E-state index in [1.807, 2.05) is 0 Å². The van der Waals surface area contributed by atoms with Crippen molar-refractivity contribution in [1.29, 1.82) is 0 Å². The monoisotopic (exact) mass is 213 g/mol. The lowest BCUT2D eigenvalue weighted by atomic mass is 10.2. The van der Waals surface area contributed by atoms with Gasteiger partial charge in [-0.25, -0.2) is 4.98 Å². The quantitative estimate of drug-likeness (QED) is 0.729. The van der Waals surface area contributed by atoms with E-state index >= 15 is 0 Å². The van der Waals surface area contributed by atoms with Gasteiger partial charge in [0.15, 0.2) is 0 Å². The lowest BCUT2D eigenvalue weighted by Crippen LogP contribution is -2.07. The number of halogens is 3. The number of phenols is 1. The molecule has 15 heavy (non-hydrogen) atoms. The van der Waals surface area contributed by atoms with Gasteiger partial charge in [-0.1, -0.05) is 6.07 Å². The average molecular weight is 213 g/mol. The Morgan fingerprint density at radius 1 is 1.07 bits per heavy atom. The topological polar surface area (TPSA) is 33.1 Å². The molecule has 2 nitrogen and oxygen atoms in total. The smallest absolute Gasteiger partial charge is 0.433 e. The number of fused-ring (bicyclic) bond motifs is 1. The highest BCUT2D eigenvalue weighted by Gasteiger charge is 2.32. The van der Waals surface area contributed by atoms with Crippen LogP contribution in [-0.4, -0.2) is 10.1 Å². The Bertz CT molecular complexity index is 507. The molecule has 0 saturated heterocycles. The number of hydrogen-bond donors (Lipinski definition) is 1. The average Bonchev–Trinajstić information content (AvgIpc) is 2.15. The van der Waals surface area contributed by atoms with Crippen LogP contribution in [-0.2, 0) is 6.18 Å². The van der Waals surface area contributed by atoms with Gasteiger partial charge >= 0.3 is 6.18 Å². The molecule has 78 valence electrons. The molecule has 5 heteroatoms. The summed E-state index contributed by atoms with van der Waals surface area (Å²) in [5, 5.41) is 9.66. The molecule has 0 spiro atoms. The van der Waals surface area contributed by atoms with E-state index in [-0.39, 0.29) is 11.3 Å². The summed E-state index contributed by atoms with van der Waals surface area (Å²) in [6.07, 6.45) is -4.46. The molecule has 1 aromatic heterocycles. The predicted molar refractivity (Wildman–Crippen MR) is 48.4 cm³/mol. The van der Waals surface area contributed by atoms with Gasteiger partial charge in [-0.3, -0.25) is 0 Å². The first kappa shape index (κ1) is 9.76. The molecule has 2 aromatic rings. The maximum absolute atomic E-state index is 12.3. The second kappa shape index (κ2) is 3.12. The molecule has 0 saturated carbocycles. The second-order valence-electron chi connectivity index (χ2n) is 3.07. The van der Waals surface area contributed by atoms with E-state index in [4.69, 9.17) is 5.11 Å². The molecular formula is C10H6F3NO. The van der Waals surface area contributed by atoms with Gasteiger partial charge in [-0.05, 0) is 18.2 Å². The maximum atomic E-state index is 12.3. The Kier molecular flexibility index (Phi) is 2.03. The van der Waals surface area contributed by atoms with Crippen molar-refractivity contribution in [3.05, 3.63) is 36.0 Å². The van der Waals surface area contributed by atoms with Gasteiger partial charge in [0.2, 0.25) is 0 Å². The number of rotatable bonds is 0. The number of phenolic OH excluding ortho intramolecular Hbond substituents is 1. The minimum atomic E-state index is -4.46. The Morgan fingerprint density at radius 2 is 1.73 bits per heavy atom. The SMILES string of the molecule is Oc1ccc2ccc(C(F)(F)F)nc2c1. The fourth-order valence-corrected chi connectivity index (χ4v) is 1.26. The summed E-state index contributed by atoms with van der Waals surface area (Å²) in [7, 11) is 0. The minimum absolute atomic E-state index is 0.102. The first-order chi connectivity index (χ1) is 6.97. The van der Waals surface area contributed by atoms with Crippen molar-refractivity contribution in [2.75, 3.05) is 0 Å². The number of alkyl halides is 3. The van der Waals surface area contributed by atoms with Crippen LogP contribution in [0.1, 0.15) is 5.69 Å². The third kappa shape index (κ3) is 1.86. The molecule has 0 fully saturated rings. The van der Waals surface area contributed by atoms with Crippen LogP contribution >= 0.6 is 0 Å². The van der Waals surface area contributed by atoms with Gasteiger partial charge in [0.25, 0.3) is 0 Å². The van der Waals surface area contributed by atoms with Crippen LogP contribution in [0.25, 0.3) is 10.9 Å². The van der Waals surface area contributed by atoms with Crippen LogP contribution in [0, 0.1) is 0 Å². The largest absolute Gasteiger partial charge is 0.508 e. The highest BCUT2D eigenvalue weighted by atomic mass is 19.4. The van der Waals surface area contributed by atoms with Crippen LogP contribution in [0.4, 0.5) is 13.2 Å². The summed E-state index contributed by atoms with van der Waals surface area (Å²) in [6, 6.07) is 6.35. The van der Waals surface area contributed by atoms with Crippen molar-refractivity contribution in [3.8, 4) is 5.75 Å². The van der Waals surface area contributed by atoms with E-state index in [1.54, 1.807) is 0 Å². The second-order valence-corrected chi connectivity index (χ2v) is 3.07. The number of aromatic hydroxyl groups is 1. The van der Waals surface area contributed by atoms with Gasteiger partial charge in [-0.15, -0.1) is 0 Å². The maximum Gasteiger partial charge on any atom is 0.433 e. The molecule has 1 aromatic carbocycles. The minimum Gasteiger partial charge on any atom is -0.508 e. The van der Waals surface area contributed by atoms with E-state index in [0.29, 0.717) is 5.39 Å². The Morgan fingerprint density at radius 3 is 2.40 bits per heavy atom. The van der Waals surface area contributed by atoms with Gasteiger partial charge in [0.1, 0.15) is 11.4 Å². The van der Waals surface area contributed by atoms with E-state index in [1.165, 1.54) is 24.3 Å². The number of benzene rings is 1. The zero-order valence-electron chi connectivity index (χ0n) is 7.42. The van der Waals surface area contributed by atoms with Gasteiger partial charge < -0.3 is 5.11 Å². The summed E-state index contributed by atoms with van der Waals surface area (Å²) in [6.45, 7) is 0. The molecule has 0 radical (unpaired) electrons. The number of hydrogen-bond acceptors (Lipinski definition) is 2. The van der Waals surface area contributed by atoms with Crippen LogP contribution in [0.5, 0.6) is 5.75 Å². The summed E-state index contributed by atoms with van der Waals surface area (Å²) < 4.78 is 36.9. The van der Waals surface area contributed by atoms with Crippen LogP contribution in [0.3, 0.4) is 0 Å². The zero-order chi connectivity index (χ0) is 11.1. The Hall–Kier alpha value is -1.78. The molecule has 0 atom stereocenters. The Labute approximate surface area is 83.0 Å². The molecule has 0 unspecified atom stereocenters. The first-order valence-corrected chi connectivity index (χ1v) is 4.14. The zero-order valence-corrected chi connectivity index (χ0v) is 7.42. The van der Waals surface area contributed by atoms with Gasteiger partial charge in [0.05, 0.1) is 5.52 Å². The van der Waals surface area contributed by atoms with Crippen molar-refractivity contribution in [1.82, 2.24) is 4.98 Å². The van der Waals surface area contributed by atoms with E-state index in [0.717, 1.165) is 6.07 Å². The van der Waals surface area contributed by atoms with Crippen molar-refractivity contribution < 1.29 is 18.3 Å². The fourth-order valence-electron chi connectivity index (χ4n) is 1.26. The van der Waals surface area contributed by atoms with Crippen LogP contribution in [0.2, 0.25) is 0 Å². The Balaban J connectivity index is 2.64. The van der Waals surface area contributed by atoms with Crippen molar-refractivity contribution in [2.45, 2.75) is 6.18 Å².